The number of aromatic nitrogens is 1. The molecule has 1 saturated carbocycles. The molecule has 0 amide bonds. The molecule has 0 atom stereocenters. The minimum atomic E-state index is 0.115. The Kier molecular flexibility index (Phi) is 7.50. The monoisotopic (exact) mass is 483 g/mol. The lowest BCUT2D eigenvalue weighted by Crippen LogP contribution is -2.24. The van der Waals surface area contributed by atoms with Crippen LogP contribution in [0.25, 0.3) is 11.1 Å². The predicted molar refractivity (Wildman–Crippen MR) is 144 cm³/mol. The van der Waals surface area contributed by atoms with Crippen molar-refractivity contribution in [1.29, 1.82) is 0 Å². The van der Waals surface area contributed by atoms with E-state index in [1.165, 1.54) is 12.8 Å². The van der Waals surface area contributed by atoms with Crippen LogP contribution >= 0.6 is 0 Å². The van der Waals surface area contributed by atoms with Gasteiger partial charge in [-0.1, -0.05) is 62.1 Å². The molecular weight excluding hydrogens is 450 g/mol. The SMILES string of the molecule is CN(CCOc1ccccc1Nc1ccccc1C(=O)C1CCCCCC1)c1nc2ccccc2o1. The van der Waals surface area contributed by atoms with Crippen molar-refractivity contribution in [3.63, 3.8) is 0 Å². The van der Waals surface area contributed by atoms with Gasteiger partial charge < -0.3 is 19.4 Å². The molecule has 6 heteroatoms. The zero-order valence-corrected chi connectivity index (χ0v) is 20.8. The fourth-order valence-electron chi connectivity index (χ4n) is 4.82. The molecule has 186 valence electrons. The summed E-state index contributed by atoms with van der Waals surface area (Å²) in [6, 6.07) is 24.0. The third kappa shape index (κ3) is 5.54. The summed E-state index contributed by atoms with van der Waals surface area (Å²) in [4.78, 5) is 19.9. The fourth-order valence-corrected chi connectivity index (χ4v) is 4.82. The van der Waals surface area contributed by atoms with E-state index in [2.05, 4.69) is 10.3 Å². The van der Waals surface area contributed by atoms with E-state index in [9.17, 15) is 4.79 Å². The molecule has 1 aliphatic rings. The van der Waals surface area contributed by atoms with E-state index >= 15 is 0 Å². The number of fused-ring (bicyclic) bond motifs is 1. The van der Waals surface area contributed by atoms with Crippen LogP contribution < -0.4 is 15.0 Å². The third-order valence-corrected chi connectivity index (χ3v) is 6.87. The first-order valence-corrected chi connectivity index (χ1v) is 12.9. The quantitative estimate of drug-likeness (QED) is 0.200. The maximum absolute atomic E-state index is 13.4. The van der Waals surface area contributed by atoms with Gasteiger partial charge in [-0.25, -0.2) is 0 Å². The van der Waals surface area contributed by atoms with Gasteiger partial charge in [0.1, 0.15) is 17.9 Å². The lowest BCUT2D eigenvalue weighted by Gasteiger charge is -2.19. The summed E-state index contributed by atoms with van der Waals surface area (Å²) in [7, 11) is 1.94. The average Bonchev–Trinajstić information content (AvgIpc) is 3.16. The number of hydrogen-bond donors (Lipinski definition) is 1. The number of ether oxygens (including phenoxy) is 1. The maximum atomic E-state index is 13.4. The number of carbonyl (C=O) groups excluding carboxylic acids is 1. The van der Waals surface area contributed by atoms with Gasteiger partial charge in [-0.15, -0.1) is 0 Å². The predicted octanol–water partition coefficient (Wildman–Crippen LogP) is 7.24. The smallest absolute Gasteiger partial charge is 0.298 e. The van der Waals surface area contributed by atoms with Gasteiger partial charge in [0.25, 0.3) is 6.01 Å². The molecule has 0 spiro atoms. The molecule has 3 aromatic carbocycles. The van der Waals surface area contributed by atoms with Crippen molar-refractivity contribution in [3.05, 3.63) is 78.4 Å². The Morgan fingerprint density at radius 1 is 0.944 bits per heavy atom. The highest BCUT2D eigenvalue weighted by atomic mass is 16.5. The molecule has 1 aliphatic carbocycles. The second-order valence-corrected chi connectivity index (χ2v) is 9.45. The van der Waals surface area contributed by atoms with Crippen LogP contribution in [0.4, 0.5) is 17.4 Å². The molecule has 5 rings (SSSR count). The third-order valence-electron chi connectivity index (χ3n) is 6.87. The van der Waals surface area contributed by atoms with Crippen molar-refractivity contribution < 1.29 is 13.9 Å². The fraction of sp³-hybridized carbons (Fsp3) is 0.333. The zero-order chi connectivity index (χ0) is 24.7. The number of ketones is 1. The summed E-state index contributed by atoms with van der Waals surface area (Å²) in [6.45, 7) is 1.06. The molecular formula is C30H33N3O3. The van der Waals surface area contributed by atoms with Crippen LogP contribution in [0, 0.1) is 5.92 Å². The maximum Gasteiger partial charge on any atom is 0.298 e. The topological polar surface area (TPSA) is 67.6 Å². The van der Waals surface area contributed by atoms with E-state index < -0.39 is 0 Å². The van der Waals surface area contributed by atoms with E-state index in [0.717, 1.165) is 59.5 Å². The minimum absolute atomic E-state index is 0.115. The first-order valence-electron chi connectivity index (χ1n) is 12.9. The van der Waals surface area contributed by atoms with E-state index in [0.29, 0.717) is 19.2 Å². The second-order valence-electron chi connectivity index (χ2n) is 9.45. The standard InChI is InChI=1S/C30H33N3O3/c1-33(30-32-26-17-9-11-19-28(26)36-30)20-21-35-27-18-10-8-16-25(27)31-24-15-7-6-14-23(24)29(34)22-12-4-2-3-5-13-22/h6-11,14-19,22,31H,2-5,12-13,20-21H2,1H3. The Hall–Kier alpha value is -3.80. The molecule has 0 saturated heterocycles. The van der Waals surface area contributed by atoms with Gasteiger partial charge in [0.2, 0.25) is 0 Å². The van der Waals surface area contributed by atoms with E-state index in [4.69, 9.17) is 9.15 Å². The lowest BCUT2D eigenvalue weighted by atomic mass is 9.90. The summed E-state index contributed by atoms with van der Waals surface area (Å²) in [6.07, 6.45) is 6.72. The first kappa shape index (κ1) is 23.9. The molecule has 0 radical (unpaired) electrons. The Morgan fingerprint density at radius 3 is 2.44 bits per heavy atom. The number of benzene rings is 3. The number of oxazole rings is 1. The van der Waals surface area contributed by atoms with Crippen molar-refractivity contribution in [2.24, 2.45) is 5.92 Å². The Balaban J connectivity index is 1.25. The van der Waals surface area contributed by atoms with Crippen molar-refractivity contribution >= 4 is 34.3 Å². The van der Waals surface area contributed by atoms with Crippen LogP contribution in [0.1, 0.15) is 48.9 Å². The summed E-state index contributed by atoms with van der Waals surface area (Å²) in [5, 5.41) is 3.47. The first-order chi connectivity index (χ1) is 17.7. The van der Waals surface area contributed by atoms with Gasteiger partial charge in [0.05, 0.1) is 12.2 Å². The van der Waals surface area contributed by atoms with Gasteiger partial charge in [-0.05, 0) is 49.2 Å². The number of nitrogens with one attached hydrogen (secondary N) is 1. The van der Waals surface area contributed by atoms with Gasteiger partial charge in [-0.3, -0.25) is 4.79 Å². The number of hydrogen-bond acceptors (Lipinski definition) is 6. The van der Waals surface area contributed by atoms with Crippen molar-refractivity contribution in [2.75, 3.05) is 30.4 Å². The summed E-state index contributed by atoms with van der Waals surface area (Å²) >= 11 is 0. The van der Waals surface area contributed by atoms with Crippen molar-refractivity contribution in [3.8, 4) is 5.75 Å². The summed E-state index contributed by atoms with van der Waals surface area (Å²) in [5.41, 5.74) is 4.03. The number of anilines is 3. The van der Waals surface area contributed by atoms with Gasteiger partial charge in [0, 0.05) is 24.2 Å². The Labute approximate surface area is 212 Å². The summed E-state index contributed by atoms with van der Waals surface area (Å²) < 4.78 is 12.0. The van der Waals surface area contributed by atoms with Crippen LogP contribution in [0.3, 0.4) is 0 Å². The van der Waals surface area contributed by atoms with Crippen molar-refractivity contribution in [2.45, 2.75) is 38.5 Å². The normalized spacial score (nSPS) is 14.4. The number of Topliss-reactive ketones (excluding diaryl/α,β-unsaturated/α-hetero) is 1. The molecule has 1 fully saturated rings. The average molecular weight is 484 g/mol. The molecule has 36 heavy (non-hydrogen) atoms. The lowest BCUT2D eigenvalue weighted by molar-refractivity contribution is 0.0908. The minimum Gasteiger partial charge on any atom is -0.490 e. The van der Waals surface area contributed by atoms with Crippen molar-refractivity contribution in [1.82, 2.24) is 4.98 Å². The Bertz CT molecular complexity index is 1270. The molecule has 6 nitrogen and oxygen atoms in total. The molecule has 1 N–H and O–H groups in total. The molecule has 0 aliphatic heterocycles. The molecule has 4 aromatic rings. The number of rotatable bonds is 9. The molecule has 0 unspecified atom stereocenters. The van der Waals surface area contributed by atoms with Crippen LogP contribution in [-0.2, 0) is 0 Å². The Morgan fingerprint density at radius 2 is 1.64 bits per heavy atom. The van der Waals surface area contributed by atoms with Crippen LogP contribution in [-0.4, -0.2) is 31.0 Å². The van der Waals surface area contributed by atoms with Crippen LogP contribution in [0.2, 0.25) is 0 Å². The van der Waals surface area contributed by atoms with Gasteiger partial charge in [-0.2, -0.15) is 4.98 Å². The number of nitrogens with zero attached hydrogens (tertiary/aromatic N) is 2. The van der Waals surface area contributed by atoms with E-state index in [1.807, 2.05) is 84.7 Å². The number of likely N-dealkylation sites (N-methyl/N-ethyl adjacent to an activating group) is 1. The van der Waals surface area contributed by atoms with E-state index in [-0.39, 0.29) is 11.7 Å². The number of para-hydroxylation sites is 5. The van der Waals surface area contributed by atoms with E-state index in [1.54, 1.807) is 0 Å². The van der Waals surface area contributed by atoms with Gasteiger partial charge in [0.15, 0.2) is 11.4 Å². The highest BCUT2D eigenvalue weighted by Gasteiger charge is 2.23. The highest BCUT2D eigenvalue weighted by Crippen LogP contribution is 2.32. The molecule has 1 aromatic heterocycles. The van der Waals surface area contributed by atoms with Crippen LogP contribution in [0.5, 0.6) is 5.75 Å². The second kappa shape index (κ2) is 11.3. The number of carbonyl (C=O) groups is 1. The molecule has 1 heterocycles. The largest absolute Gasteiger partial charge is 0.490 e. The van der Waals surface area contributed by atoms with Crippen LogP contribution in [0.15, 0.2) is 77.2 Å². The zero-order valence-electron chi connectivity index (χ0n) is 20.8. The summed E-state index contributed by atoms with van der Waals surface area (Å²) in [5.74, 6) is 1.10. The molecule has 0 bridgehead atoms. The van der Waals surface area contributed by atoms with Gasteiger partial charge >= 0.3 is 0 Å². The highest BCUT2D eigenvalue weighted by molar-refractivity contribution is 6.03.